The lowest BCUT2D eigenvalue weighted by molar-refractivity contribution is 0.104. The van der Waals surface area contributed by atoms with Gasteiger partial charge >= 0.3 is 0 Å². The van der Waals surface area contributed by atoms with Gasteiger partial charge in [-0.2, -0.15) is 0 Å². The molecule has 1 heterocycles. The summed E-state index contributed by atoms with van der Waals surface area (Å²) in [5.74, 6) is -0.0676. The molecule has 1 aliphatic heterocycles. The quantitative estimate of drug-likeness (QED) is 0.408. The molecule has 0 bridgehead atoms. The fourth-order valence-electron chi connectivity index (χ4n) is 4.53. The molecule has 0 unspecified atom stereocenters. The lowest BCUT2D eigenvalue weighted by Gasteiger charge is -2.31. The maximum absolute atomic E-state index is 15.3. The number of carbonyl (C=O) groups is 1. The smallest absolute Gasteiger partial charge is 0.194 e. The Hall–Kier alpha value is -3.04. The van der Waals surface area contributed by atoms with Crippen LogP contribution < -0.4 is 30.6 Å². The monoisotopic (exact) mass is 461 g/mol. The van der Waals surface area contributed by atoms with Crippen molar-refractivity contribution < 1.29 is 9.36 Å². The Morgan fingerprint density at radius 2 is 1.21 bits per heavy atom. The SMILES string of the molecule is CCN(CC)c1cccc(P2(=O)c3cc(N(C)C)ccc3C(=O)c3ccc(N(C)C)cc32)c1. The molecule has 3 aromatic carbocycles. The predicted molar refractivity (Wildman–Crippen MR) is 141 cm³/mol. The first-order valence-electron chi connectivity index (χ1n) is 11.4. The molecular weight excluding hydrogens is 429 g/mol. The van der Waals surface area contributed by atoms with Gasteiger partial charge in [-0.25, -0.2) is 0 Å². The van der Waals surface area contributed by atoms with Gasteiger partial charge in [-0.3, -0.25) is 4.79 Å². The minimum Gasteiger partial charge on any atom is -0.378 e. The van der Waals surface area contributed by atoms with Crippen LogP contribution >= 0.6 is 7.14 Å². The van der Waals surface area contributed by atoms with E-state index in [9.17, 15) is 4.79 Å². The largest absolute Gasteiger partial charge is 0.378 e. The maximum atomic E-state index is 15.3. The van der Waals surface area contributed by atoms with Gasteiger partial charge in [-0.1, -0.05) is 12.1 Å². The summed E-state index contributed by atoms with van der Waals surface area (Å²) >= 11 is 0. The number of anilines is 3. The normalized spacial score (nSPS) is 13.8. The van der Waals surface area contributed by atoms with E-state index in [-0.39, 0.29) is 5.78 Å². The lowest BCUT2D eigenvalue weighted by atomic mass is 10.0. The molecule has 0 aromatic heterocycles. The highest BCUT2D eigenvalue weighted by Crippen LogP contribution is 2.49. The summed E-state index contributed by atoms with van der Waals surface area (Å²) in [6, 6.07) is 19.4. The summed E-state index contributed by atoms with van der Waals surface area (Å²) in [5.41, 5.74) is 3.95. The van der Waals surface area contributed by atoms with Crippen LogP contribution in [0.1, 0.15) is 29.8 Å². The summed E-state index contributed by atoms with van der Waals surface area (Å²) in [5, 5.41) is 2.01. The summed E-state index contributed by atoms with van der Waals surface area (Å²) in [6.45, 7) is 5.97. The van der Waals surface area contributed by atoms with E-state index in [1.807, 2.05) is 92.6 Å². The van der Waals surface area contributed by atoms with Crippen molar-refractivity contribution in [1.82, 2.24) is 0 Å². The van der Waals surface area contributed by atoms with Gasteiger partial charge in [0.1, 0.15) is 0 Å². The zero-order chi connectivity index (χ0) is 23.9. The van der Waals surface area contributed by atoms with Gasteiger partial charge in [-0.15, -0.1) is 0 Å². The van der Waals surface area contributed by atoms with Crippen LogP contribution in [0.15, 0.2) is 60.7 Å². The molecule has 1 aliphatic rings. The Labute approximate surface area is 197 Å². The molecule has 5 nitrogen and oxygen atoms in total. The number of ketones is 1. The third-order valence-electron chi connectivity index (χ3n) is 6.49. The van der Waals surface area contributed by atoms with E-state index in [0.717, 1.165) is 35.5 Å². The zero-order valence-corrected chi connectivity index (χ0v) is 21.2. The average molecular weight is 462 g/mol. The fourth-order valence-corrected chi connectivity index (χ4v) is 7.61. The van der Waals surface area contributed by atoms with Crippen molar-refractivity contribution in [3.05, 3.63) is 71.8 Å². The number of carbonyl (C=O) groups excluding carboxylic acids is 1. The van der Waals surface area contributed by atoms with Crippen LogP contribution in [0.2, 0.25) is 0 Å². The third kappa shape index (κ3) is 3.75. The molecule has 4 rings (SSSR count). The number of benzene rings is 3. The minimum absolute atomic E-state index is 0.0676. The van der Waals surface area contributed by atoms with E-state index < -0.39 is 7.14 Å². The van der Waals surface area contributed by atoms with E-state index in [1.54, 1.807) is 0 Å². The second-order valence-electron chi connectivity index (χ2n) is 8.82. The van der Waals surface area contributed by atoms with Crippen LogP contribution in [0, 0.1) is 0 Å². The molecule has 172 valence electrons. The van der Waals surface area contributed by atoms with Crippen LogP contribution in [0.3, 0.4) is 0 Å². The van der Waals surface area contributed by atoms with Crippen LogP contribution in [0.5, 0.6) is 0 Å². The van der Waals surface area contributed by atoms with E-state index in [0.29, 0.717) is 21.7 Å². The Bertz CT molecular complexity index is 1200. The van der Waals surface area contributed by atoms with Crippen molar-refractivity contribution in [3.8, 4) is 0 Å². The van der Waals surface area contributed by atoms with E-state index >= 15 is 4.57 Å². The molecule has 3 aromatic rings. The Morgan fingerprint density at radius 3 is 1.67 bits per heavy atom. The van der Waals surface area contributed by atoms with Gasteiger partial charge in [-0.05, 0) is 62.4 Å². The Morgan fingerprint density at radius 1 is 0.697 bits per heavy atom. The highest BCUT2D eigenvalue weighted by atomic mass is 31.2. The van der Waals surface area contributed by atoms with Crippen LogP contribution in [-0.4, -0.2) is 47.1 Å². The third-order valence-corrected chi connectivity index (χ3v) is 9.59. The highest BCUT2D eigenvalue weighted by molar-refractivity contribution is 7.85. The molecule has 0 saturated heterocycles. The van der Waals surface area contributed by atoms with Gasteiger partial charge in [0, 0.05) is 85.4 Å². The van der Waals surface area contributed by atoms with Gasteiger partial charge in [0.05, 0.1) is 0 Å². The topological polar surface area (TPSA) is 43.9 Å². The van der Waals surface area contributed by atoms with Gasteiger partial charge in [0.15, 0.2) is 12.9 Å². The molecule has 6 heteroatoms. The molecular formula is C27H32N3O2P. The number of hydrogen-bond donors (Lipinski definition) is 0. The van der Waals surface area contributed by atoms with Crippen molar-refractivity contribution in [2.24, 2.45) is 0 Å². The number of hydrogen-bond acceptors (Lipinski definition) is 5. The molecule has 33 heavy (non-hydrogen) atoms. The summed E-state index contributed by atoms with van der Waals surface area (Å²) in [4.78, 5) is 19.7. The first-order valence-corrected chi connectivity index (χ1v) is 13.1. The summed E-state index contributed by atoms with van der Waals surface area (Å²) < 4.78 is 15.3. The predicted octanol–water partition coefficient (Wildman–Crippen LogP) is 3.85. The molecule has 0 radical (unpaired) electrons. The van der Waals surface area contributed by atoms with Crippen molar-refractivity contribution in [2.75, 3.05) is 56.0 Å². The molecule has 0 amide bonds. The highest BCUT2D eigenvalue weighted by Gasteiger charge is 2.41. The van der Waals surface area contributed by atoms with E-state index in [1.165, 1.54) is 0 Å². The van der Waals surface area contributed by atoms with Gasteiger partial charge in [0.25, 0.3) is 0 Å². The van der Waals surface area contributed by atoms with Crippen molar-refractivity contribution in [1.29, 1.82) is 0 Å². The molecule has 0 fully saturated rings. The standard InChI is InChI=1S/C27H32N3O2P/c1-7-30(8-2)21-10-9-11-22(16-21)33(32)25-17-19(28(3)4)12-14-23(25)27(31)24-15-13-20(29(5)6)18-26(24)33/h9-18H,7-8H2,1-6H3. The second-order valence-corrected chi connectivity index (χ2v) is 11.5. The van der Waals surface area contributed by atoms with Gasteiger partial charge < -0.3 is 19.3 Å². The first kappa shape index (κ1) is 23.1. The molecule has 0 N–H and O–H groups in total. The molecule has 0 aliphatic carbocycles. The molecule has 0 saturated carbocycles. The number of rotatable bonds is 6. The number of fused-ring (bicyclic) bond motifs is 2. The average Bonchev–Trinajstić information content (AvgIpc) is 2.82. The first-order chi connectivity index (χ1) is 15.7. The van der Waals surface area contributed by atoms with E-state index in [2.05, 4.69) is 24.8 Å². The van der Waals surface area contributed by atoms with Crippen molar-refractivity contribution in [2.45, 2.75) is 13.8 Å². The molecule has 0 atom stereocenters. The molecule has 0 spiro atoms. The van der Waals surface area contributed by atoms with Crippen LogP contribution in [0.25, 0.3) is 0 Å². The summed E-state index contributed by atoms with van der Waals surface area (Å²) in [7, 11) is 4.51. The second kappa shape index (κ2) is 8.72. The zero-order valence-electron chi connectivity index (χ0n) is 20.3. The Balaban J connectivity index is 2.07. The van der Waals surface area contributed by atoms with E-state index in [4.69, 9.17) is 0 Å². The number of nitrogens with zero attached hydrogens (tertiary/aromatic N) is 3. The maximum Gasteiger partial charge on any atom is 0.194 e. The summed E-state index contributed by atoms with van der Waals surface area (Å²) in [6.07, 6.45) is 0. The lowest BCUT2D eigenvalue weighted by Crippen LogP contribution is -2.38. The van der Waals surface area contributed by atoms with Crippen molar-refractivity contribution >= 4 is 45.9 Å². The van der Waals surface area contributed by atoms with Crippen LogP contribution in [0.4, 0.5) is 17.1 Å². The van der Waals surface area contributed by atoms with Crippen LogP contribution in [-0.2, 0) is 4.57 Å². The van der Waals surface area contributed by atoms with Gasteiger partial charge in [0.2, 0.25) is 0 Å². The Kier molecular flexibility index (Phi) is 6.11. The minimum atomic E-state index is -3.30. The fraction of sp³-hybridized carbons (Fsp3) is 0.296. The van der Waals surface area contributed by atoms with Crippen molar-refractivity contribution in [3.63, 3.8) is 0 Å².